The number of carbonyl (C=O) groups excluding carboxylic acids is 4. The van der Waals surface area contributed by atoms with Gasteiger partial charge in [-0.25, -0.2) is 4.39 Å². The molecule has 3 heterocycles. The molecule has 2 atom stereocenters. The molecule has 0 bridgehead atoms. The van der Waals surface area contributed by atoms with E-state index in [-0.39, 0.29) is 36.4 Å². The largest absolute Gasteiger partial charge is 0.382 e. The summed E-state index contributed by atoms with van der Waals surface area (Å²) in [5.41, 5.74) is 0.939. The van der Waals surface area contributed by atoms with Gasteiger partial charge in [0.25, 0.3) is 11.8 Å². The SMILES string of the molecule is O=C1CCC(N2C(=O)c3ccc(NCC(F)C4CCNCC4)cc3C2=O)C(=O)N1. The predicted molar refractivity (Wildman–Crippen MR) is 102 cm³/mol. The Hall–Kier alpha value is -2.81. The minimum atomic E-state index is -0.998. The zero-order valence-electron chi connectivity index (χ0n) is 15.9. The lowest BCUT2D eigenvalue weighted by molar-refractivity contribution is -0.136. The van der Waals surface area contributed by atoms with Crippen LogP contribution < -0.4 is 16.0 Å². The first-order valence-electron chi connectivity index (χ1n) is 9.90. The molecular weight excluding hydrogens is 379 g/mol. The molecule has 4 rings (SSSR count). The van der Waals surface area contributed by atoms with E-state index in [1.807, 2.05) is 0 Å². The highest BCUT2D eigenvalue weighted by molar-refractivity contribution is 6.23. The Morgan fingerprint density at radius 1 is 1.07 bits per heavy atom. The number of fused-ring (bicyclic) bond motifs is 1. The molecule has 154 valence electrons. The van der Waals surface area contributed by atoms with Gasteiger partial charge < -0.3 is 10.6 Å². The Kier molecular flexibility index (Phi) is 5.31. The van der Waals surface area contributed by atoms with E-state index in [0.29, 0.717) is 5.69 Å². The molecule has 3 aliphatic heterocycles. The summed E-state index contributed by atoms with van der Waals surface area (Å²) < 4.78 is 14.5. The number of nitrogens with one attached hydrogen (secondary N) is 3. The molecule has 4 amide bonds. The highest BCUT2D eigenvalue weighted by atomic mass is 19.1. The maximum absolute atomic E-state index is 14.5. The predicted octanol–water partition coefficient (Wildman–Crippen LogP) is 0.837. The van der Waals surface area contributed by atoms with Gasteiger partial charge in [0.1, 0.15) is 12.2 Å². The molecule has 3 aliphatic rings. The molecule has 9 heteroatoms. The van der Waals surface area contributed by atoms with Crippen molar-refractivity contribution in [2.45, 2.75) is 37.9 Å². The van der Waals surface area contributed by atoms with Crippen molar-refractivity contribution < 1.29 is 23.6 Å². The number of amides is 4. The summed E-state index contributed by atoms with van der Waals surface area (Å²) in [5.74, 6) is -2.17. The van der Waals surface area contributed by atoms with Gasteiger partial charge in [-0.2, -0.15) is 0 Å². The standard InChI is InChI=1S/C20H23FN4O4/c21-15(11-5-7-22-8-6-11)10-23-12-1-2-13-14(9-12)20(29)25(19(13)28)16-3-4-17(26)24-18(16)27/h1-2,9,11,15-16,22-23H,3-8,10H2,(H,24,26,27). The van der Waals surface area contributed by atoms with E-state index in [9.17, 15) is 23.6 Å². The molecule has 8 nitrogen and oxygen atoms in total. The summed E-state index contributed by atoms with van der Waals surface area (Å²) in [4.78, 5) is 49.8. The van der Waals surface area contributed by atoms with E-state index in [1.54, 1.807) is 6.07 Å². The first-order valence-corrected chi connectivity index (χ1v) is 9.90. The molecule has 2 unspecified atom stereocenters. The van der Waals surface area contributed by atoms with Crippen molar-refractivity contribution in [3.63, 3.8) is 0 Å². The average Bonchev–Trinajstić information content (AvgIpc) is 2.97. The van der Waals surface area contributed by atoms with E-state index >= 15 is 0 Å². The van der Waals surface area contributed by atoms with Gasteiger partial charge in [0.15, 0.2) is 0 Å². The Labute approximate surface area is 167 Å². The number of nitrogens with zero attached hydrogens (tertiary/aromatic N) is 1. The van der Waals surface area contributed by atoms with Crippen LogP contribution in [0.1, 0.15) is 46.4 Å². The third-order valence-corrected chi connectivity index (χ3v) is 5.84. The van der Waals surface area contributed by atoms with Crippen molar-refractivity contribution in [3.8, 4) is 0 Å². The second kappa shape index (κ2) is 7.90. The van der Waals surface area contributed by atoms with Gasteiger partial charge in [0.05, 0.1) is 11.1 Å². The van der Waals surface area contributed by atoms with Crippen LogP contribution in [0.5, 0.6) is 0 Å². The third-order valence-electron chi connectivity index (χ3n) is 5.84. The minimum Gasteiger partial charge on any atom is -0.382 e. The minimum absolute atomic E-state index is 0.00408. The monoisotopic (exact) mass is 402 g/mol. The van der Waals surface area contributed by atoms with Crippen molar-refractivity contribution in [3.05, 3.63) is 29.3 Å². The lowest BCUT2D eigenvalue weighted by atomic mass is 9.93. The normalized spacial score (nSPS) is 23.8. The van der Waals surface area contributed by atoms with Crippen LogP contribution in [0.15, 0.2) is 18.2 Å². The van der Waals surface area contributed by atoms with Crippen molar-refractivity contribution in [1.29, 1.82) is 0 Å². The summed E-state index contributed by atoms with van der Waals surface area (Å²) in [6, 6.07) is 3.68. The number of carbonyl (C=O) groups is 4. The van der Waals surface area contributed by atoms with E-state index in [4.69, 9.17) is 0 Å². The smallest absolute Gasteiger partial charge is 0.262 e. The molecule has 2 saturated heterocycles. The number of imide groups is 2. The van der Waals surface area contributed by atoms with Gasteiger partial charge in [-0.15, -0.1) is 0 Å². The first-order chi connectivity index (χ1) is 14.0. The summed E-state index contributed by atoms with van der Waals surface area (Å²) >= 11 is 0. The molecule has 1 aromatic carbocycles. The fourth-order valence-electron chi connectivity index (χ4n) is 4.17. The maximum atomic E-state index is 14.5. The quantitative estimate of drug-likeness (QED) is 0.630. The third kappa shape index (κ3) is 3.74. The fraction of sp³-hybridized carbons (Fsp3) is 0.500. The Morgan fingerprint density at radius 2 is 1.79 bits per heavy atom. The van der Waals surface area contributed by atoms with Crippen molar-refractivity contribution >= 4 is 29.3 Å². The first kappa shape index (κ1) is 19.5. The number of rotatable bonds is 5. The number of hydrogen-bond acceptors (Lipinski definition) is 6. The van der Waals surface area contributed by atoms with E-state index in [0.717, 1.165) is 30.8 Å². The average molecular weight is 402 g/mol. The number of anilines is 1. The number of alkyl halides is 1. The maximum Gasteiger partial charge on any atom is 0.262 e. The Morgan fingerprint density at radius 3 is 2.52 bits per heavy atom. The van der Waals surface area contributed by atoms with Crippen LogP contribution >= 0.6 is 0 Å². The number of halogens is 1. The van der Waals surface area contributed by atoms with Gasteiger partial charge in [0.2, 0.25) is 11.8 Å². The molecule has 0 spiro atoms. The van der Waals surface area contributed by atoms with E-state index < -0.39 is 35.8 Å². The Bertz CT molecular complexity index is 868. The topological polar surface area (TPSA) is 108 Å². The fourth-order valence-corrected chi connectivity index (χ4v) is 4.17. The Balaban J connectivity index is 1.45. The number of benzene rings is 1. The van der Waals surface area contributed by atoms with Gasteiger partial charge >= 0.3 is 0 Å². The molecule has 0 aliphatic carbocycles. The van der Waals surface area contributed by atoms with Gasteiger partial charge in [0, 0.05) is 18.7 Å². The molecule has 29 heavy (non-hydrogen) atoms. The van der Waals surface area contributed by atoms with Crippen molar-refractivity contribution in [2.24, 2.45) is 5.92 Å². The highest BCUT2D eigenvalue weighted by Crippen LogP contribution is 2.30. The van der Waals surface area contributed by atoms with Gasteiger partial charge in [-0.3, -0.25) is 29.4 Å². The van der Waals surface area contributed by atoms with Crippen molar-refractivity contribution in [2.75, 3.05) is 25.0 Å². The summed E-state index contributed by atoms with van der Waals surface area (Å²) in [6.45, 7) is 1.76. The summed E-state index contributed by atoms with van der Waals surface area (Å²) in [5, 5.41) is 8.39. The van der Waals surface area contributed by atoms with Gasteiger partial charge in [-0.1, -0.05) is 0 Å². The van der Waals surface area contributed by atoms with Crippen LogP contribution in [0, 0.1) is 5.92 Å². The molecule has 0 saturated carbocycles. The summed E-state index contributed by atoms with van der Waals surface area (Å²) in [6.07, 6.45) is 0.774. The molecule has 0 aromatic heterocycles. The van der Waals surface area contributed by atoms with Crippen LogP contribution in [-0.2, 0) is 9.59 Å². The lowest BCUT2D eigenvalue weighted by Crippen LogP contribution is -2.54. The molecule has 3 N–H and O–H groups in total. The van der Waals surface area contributed by atoms with Crippen molar-refractivity contribution in [1.82, 2.24) is 15.5 Å². The number of hydrogen-bond donors (Lipinski definition) is 3. The highest BCUT2D eigenvalue weighted by Gasteiger charge is 2.44. The van der Waals surface area contributed by atoms with Crippen LogP contribution in [0.4, 0.5) is 10.1 Å². The van der Waals surface area contributed by atoms with E-state index in [2.05, 4.69) is 16.0 Å². The number of piperidine rings is 2. The molecule has 1 aromatic rings. The molecular formula is C20H23FN4O4. The van der Waals surface area contributed by atoms with Crippen LogP contribution in [0.25, 0.3) is 0 Å². The van der Waals surface area contributed by atoms with Crippen LogP contribution in [0.3, 0.4) is 0 Å². The second-order valence-corrected chi connectivity index (χ2v) is 7.69. The zero-order chi connectivity index (χ0) is 20.5. The second-order valence-electron chi connectivity index (χ2n) is 7.69. The zero-order valence-corrected chi connectivity index (χ0v) is 15.9. The van der Waals surface area contributed by atoms with Crippen LogP contribution in [-0.4, -0.2) is 60.4 Å². The van der Waals surface area contributed by atoms with Gasteiger partial charge in [-0.05, 0) is 56.5 Å². The molecule has 2 fully saturated rings. The van der Waals surface area contributed by atoms with E-state index in [1.165, 1.54) is 12.1 Å². The summed E-state index contributed by atoms with van der Waals surface area (Å²) in [7, 11) is 0. The lowest BCUT2D eigenvalue weighted by Gasteiger charge is -2.27. The van der Waals surface area contributed by atoms with Crippen LogP contribution in [0.2, 0.25) is 0 Å². The molecule has 0 radical (unpaired) electrons.